The van der Waals surface area contributed by atoms with Crippen molar-refractivity contribution in [3.8, 4) is 0 Å². The predicted octanol–water partition coefficient (Wildman–Crippen LogP) is 6.01. The van der Waals surface area contributed by atoms with Gasteiger partial charge in [0.15, 0.2) is 5.65 Å². The quantitative estimate of drug-likeness (QED) is 0.374. The van der Waals surface area contributed by atoms with Crippen LogP contribution in [-0.4, -0.2) is 57.6 Å². The molecular formula is C28H38ClN7O. The Hall–Kier alpha value is -2.42. The van der Waals surface area contributed by atoms with Gasteiger partial charge < -0.3 is 20.3 Å². The standard InChI is InChI=1S/C28H38ClN7O/c1-2-3-12-35-13-10-19(11-14-35)16-30-28-32-25(26-22-15-20(29)8-9-24(22)31-18-37-26)23-17-36(34-27(23)33-28)21-6-4-5-7-21/h8-9,15,17,19,21,26,31H,2-7,10-14,16,18H2,1H3,(H,30,33,34). The second kappa shape index (κ2) is 11.1. The summed E-state index contributed by atoms with van der Waals surface area (Å²) in [6.07, 6.45) is 11.6. The number of rotatable bonds is 8. The summed E-state index contributed by atoms with van der Waals surface area (Å²) < 4.78 is 8.37. The zero-order valence-electron chi connectivity index (χ0n) is 21.8. The normalized spacial score (nSPS) is 21.3. The molecule has 2 fully saturated rings. The molecule has 2 aromatic heterocycles. The Balaban J connectivity index is 1.28. The van der Waals surface area contributed by atoms with E-state index >= 15 is 0 Å². The number of likely N-dealkylation sites (tertiary alicyclic amines) is 1. The summed E-state index contributed by atoms with van der Waals surface area (Å²) in [4.78, 5) is 12.5. The number of anilines is 2. The average Bonchev–Trinajstić information content (AvgIpc) is 3.61. The summed E-state index contributed by atoms with van der Waals surface area (Å²) in [5, 5.41) is 13.5. The molecule has 6 rings (SSSR count). The van der Waals surface area contributed by atoms with Gasteiger partial charge in [0.1, 0.15) is 12.8 Å². The van der Waals surface area contributed by atoms with E-state index in [0.717, 1.165) is 34.5 Å². The highest BCUT2D eigenvalue weighted by molar-refractivity contribution is 6.30. The Kier molecular flexibility index (Phi) is 7.49. The van der Waals surface area contributed by atoms with E-state index in [2.05, 4.69) is 33.3 Å². The fourth-order valence-electron chi connectivity index (χ4n) is 6.04. The fourth-order valence-corrected chi connectivity index (χ4v) is 6.22. The first kappa shape index (κ1) is 24.9. The Labute approximate surface area is 224 Å². The lowest BCUT2D eigenvalue weighted by Gasteiger charge is -2.32. The van der Waals surface area contributed by atoms with Gasteiger partial charge in [0.2, 0.25) is 5.95 Å². The minimum Gasteiger partial charge on any atom is -0.362 e. The molecule has 0 spiro atoms. The number of nitrogens with one attached hydrogen (secondary N) is 2. The monoisotopic (exact) mass is 523 g/mol. The first-order valence-corrected chi connectivity index (χ1v) is 14.4. The topological polar surface area (TPSA) is 80.1 Å². The Morgan fingerprint density at radius 3 is 2.78 bits per heavy atom. The van der Waals surface area contributed by atoms with E-state index in [-0.39, 0.29) is 6.10 Å². The van der Waals surface area contributed by atoms with Crippen molar-refractivity contribution < 1.29 is 4.74 Å². The Bertz CT molecular complexity index is 1220. The van der Waals surface area contributed by atoms with Crippen LogP contribution in [-0.2, 0) is 4.74 Å². The molecule has 0 radical (unpaired) electrons. The molecule has 1 atom stereocenters. The van der Waals surface area contributed by atoms with Crippen LogP contribution in [0.1, 0.15) is 81.7 Å². The first-order valence-electron chi connectivity index (χ1n) is 14.1. The summed E-state index contributed by atoms with van der Waals surface area (Å²) in [7, 11) is 0. The summed E-state index contributed by atoms with van der Waals surface area (Å²) in [6, 6.07) is 6.33. The highest BCUT2D eigenvalue weighted by Gasteiger charge is 2.29. The summed E-state index contributed by atoms with van der Waals surface area (Å²) in [5.74, 6) is 1.27. The van der Waals surface area contributed by atoms with Crippen LogP contribution in [0.3, 0.4) is 0 Å². The lowest BCUT2D eigenvalue weighted by molar-refractivity contribution is 0.0858. The number of halogens is 1. The van der Waals surface area contributed by atoms with Gasteiger partial charge in [-0.25, -0.2) is 4.98 Å². The summed E-state index contributed by atoms with van der Waals surface area (Å²) in [5.41, 5.74) is 3.62. The highest BCUT2D eigenvalue weighted by Crippen LogP contribution is 2.39. The fraction of sp³-hybridized carbons (Fsp3) is 0.607. The second-order valence-electron chi connectivity index (χ2n) is 10.8. The molecule has 3 aromatic rings. The van der Waals surface area contributed by atoms with Crippen molar-refractivity contribution in [2.45, 2.75) is 70.4 Å². The lowest BCUT2D eigenvalue weighted by Crippen LogP contribution is -2.36. The summed E-state index contributed by atoms with van der Waals surface area (Å²) >= 11 is 6.39. The van der Waals surface area contributed by atoms with Crippen molar-refractivity contribution in [3.05, 3.63) is 40.7 Å². The van der Waals surface area contributed by atoms with Crippen LogP contribution < -0.4 is 10.6 Å². The molecular weight excluding hydrogens is 486 g/mol. The molecule has 1 aliphatic carbocycles. The van der Waals surface area contributed by atoms with Crippen LogP contribution in [0.25, 0.3) is 11.0 Å². The number of ether oxygens (including phenoxy) is 1. The summed E-state index contributed by atoms with van der Waals surface area (Å²) in [6.45, 7) is 7.16. The van der Waals surface area contributed by atoms with E-state index in [0.29, 0.717) is 29.7 Å². The van der Waals surface area contributed by atoms with E-state index in [9.17, 15) is 0 Å². The number of unbranched alkanes of at least 4 members (excludes halogenated alkanes) is 1. The van der Waals surface area contributed by atoms with Crippen molar-refractivity contribution in [2.75, 3.05) is 43.5 Å². The molecule has 1 saturated heterocycles. The van der Waals surface area contributed by atoms with Crippen molar-refractivity contribution >= 4 is 34.3 Å². The van der Waals surface area contributed by atoms with Crippen molar-refractivity contribution in [2.24, 2.45) is 5.92 Å². The minimum absolute atomic E-state index is 0.330. The Morgan fingerprint density at radius 2 is 1.97 bits per heavy atom. The third-order valence-corrected chi connectivity index (χ3v) is 8.50. The number of benzene rings is 1. The minimum atomic E-state index is -0.330. The van der Waals surface area contributed by atoms with E-state index in [4.69, 9.17) is 31.4 Å². The molecule has 1 saturated carbocycles. The number of piperidine rings is 1. The zero-order chi connectivity index (χ0) is 25.2. The molecule has 2 N–H and O–H groups in total. The largest absolute Gasteiger partial charge is 0.362 e. The molecule has 9 heteroatoms. The molecule has 2 aliphatic heterocycles. The number of nitrogens with zero attached hydrogens (tertiary/aromatic N) is 5. The third kappa shape index (κ3) is 5.42. The molecule has 1 aromatic carbocycles. The van der Waals surface area contributed by atoms with Gasteiger partial charge in [0, 0.05) is 29.0 Å². The third-order valence-electron chi connectivity index (χ3n) is 8.27. The van der Waals surface area contributed by atoms with E-state index in [1.165, 1.54) is 71.0 Å². The Morgan fingerprint density at radius 1 is 1.14 bits per heavy atom. The molecule has 0 amide bonds. The molecule has 198 valence electrons. The maximum Gasteiger partial charge on any atom is 0.225 e. The van der Waals surface area contributed by atoms with Crippen molar-refractivity contribution in [1.82, 2.24) is 24.6 Å². The van der Waals surface area contributed by atoms with Gasteiger partial charge in [0.25, 0.3) is 0 Å². The van der Waals surface area contributed by atoms with Crippen molar-refractivity contribution in [1.29, 1.82) is 0 Å². The molecule has 8 nitrogen and oxygen atoms in total. The van der Waals surface area contributed by atoms with Gasteiger partial charge in [-0.1, -0.05) is 37.8 Å². The smallest absolute Gasteiger partial charge is 0.225 e. The lowest BCUT2D eigenvalue weighted by atomic mass is 9.96. The zero-order valence-corrected chi connectivity index (χ0v) is 22.5. The SMILES string of the molecule is CCCCN1CCC(CNc2nc(C3OCNc4ccc(Cl)cc43)c3cn(C4CCCC4)nc3n2)CC1. The molecule has 37 heavy (non-hydrogen) atoms. The first-order chi connectivity index (χ1) is 18.2. The van der Waals surface area contributed by atoms with Gasteiger partial charge in [-0.3, -0.25) is 4.68 Å². The number of aromatic nitrogens is 4. The molecule has 4 heterocycles. The van der Waals surface area contributed by atoms with Gasteiger partial charge in [-0.2, -0.15) is 10.1 Å². The molecule has 0 bridgehead atoms. The van der Waals surface area contributed by atoms with Crippen LogP contribution in [0.2, 0.25) is 5.02 Å². The predicted molar refractivity (Wildman–Crippen MR) is 148 cm³/mol. The van der Waals surface area contributed by atoms with Crippen LogP contribution in [0, 0.1) is 5.92 Å². The average molecular weight is 524 g/mol. The van der Waals surface area contributed by atoms with E-state index in [1.807, 2.05) is 18.2 Å². The number of fused-ring (bicyclic) bond motifs is 2. The van der Waals surface area contributed by atoms with Gasteiger partial charge in [0.05, 0.1) is 17.1 Å². The maximum atomic E-state index is 6.39. The van der Waals surface area contributed by atoms with Crippen LogP contribution in [0.4, 0.5) is 11.6 Å². The second-order valence-corrected chi connectivity index (χ2v) is 11.3. The maximum absolute atomic E-state index is 6.39. The highest BCUT2D eigenvalue weighted by atomic mass is 35.5. The van der Waals surface area contributed by atoms with Crippen LogP contribution in [0.5, 0.6) is 0 Å². The molecule has 3 aliphatic rings. The van der Waals surface area contributed by atoms with Gasteiger partial charge in [-0.05, 0) is 75.9 Å². The van der Waals surface area contributed by atoms with E-state index < -0.39 is 0 Å². The van der Waals surface area contributed by atoms with Gasteiger partial charge in [-0.15, -0.1) is 0 Å². The van der Waals surface area contributed by atoms with Crippen LogP contribution in [0.15, 0.2) is 24.4 Å². The number of hydrogen-bond acceptors (Lipinski definition) is 7. The van der Waals surface area contributed by atoms with Crippen molar-refractivity contribution in [3.63, 3.8) is 0 Å². The van der Waals surface area contributed by atoms with E-state index in [1.54, 1.807) is 0 Å². The number of hydrogen-bond donors (Lipinski definition) is 2. The molecule has 1 unspecified atom stereocenters. The van der Waals surface area contributed by atoms with Crippen LogP contribution >= 0.6 is 11.6 Å². The van der Waals surface area contributed by atoms with Gasteiger partial charge >= 0.3 is 0 Å².